The molecule has 0 aromatic rings. The molecule has 1 aliphatic rings. The fraction of sp³-hybridized carbons (Fsp3) is 0.846. The van der Waals surface area contributed by atoms with Gasteiger partial charge in [-0.05, 0) is 24.2 Å². The summed E-state index contributed by atoms with van der Waals surface area (Å²) in [6.45, 7) is 5.14. The summed E-state index contributed by atoms with van der Waals surface area (Å²) in [5.74, 6) is -2.64. The van der Waals surface area contributed by atoms with Gasteiger partial charge < -0.3 is 10.2 Å². The van der Waals surface area contributed by atoms with Crippen molar-refractivity contribution in [3.8, 4) is 0 Å². The second-order valence-electron chi connectivity index (χ2n) is 6.00. The molecule has 4 nitrogen and oxygen atoms in total. The molecular weight excluding hydrogens is 259 g/mol. The topological polar surface area (TPSA) is 74.6 Å². The number of carboxylic acid groups (broad SMARTS) is 2. The zero-order valence-corrected chi connectivity index (χ0v) is 10.8. The van der Waals surface area contributed by atoms with Crippen LogP contribution in [0.3, 0.4) is 0 Å². The Morgan fingerprint density at radius 3 is 1.61 bits per heavy atom. The molecule has 1 fully saturated rings. The third-order valence-electron chi connectivity index (χ3n) is 4.08. The molecule has 0 aromatic heterocycles. The first kappa shape index (κ1) is 18.6. The van der Waals surface area contributed by atoms with Crippen molar-refractivity contribution in [1.82, 2.24) is 0 Å². The van der Waals surface area contributed by atoms with Crippen LogP contribution >= 0.6 is 0 Å². The third-order valence-corrected chi connectivity index (χ3v) is 4.08. The predicted octanol–water partition coefficient (Wildman–Crippen LogP) is 2.12. The molecule has 1 aliphatic carbocycles. The summed E-state index contributed by atoms with van der Waals surface area (Å²) < 4.78 is 0. The Morgan fingerprint density at radius 2 is 1.33 bits per heavy atom. The zero-order valence-electron chi connectivity index (χ0n) is 10.8. The summed E-state index contributed by atoms with van der Waals surface area (Å²) in [6.07, 6.45) is 4.35. The van der Waals surface area contributed by atoms with Crippen LogP contribution in [0, 0.1) is 16.7 Å². The maximum atomic E-state index is 11.6. The number of hydrogen-bond acceptors (Lipinski definition) is 2. The molecule has 0 unspecified atom stereocenters. The molecule has 0 spiro atoms. The van der Waals surface area contributed by atoms with Crippen LogP contribution in [0.25, 0.3) is 0 Å². The van der Waals surface area contributed by atoms with Gasteiger partial charge in [-0.15, -0.1) is 0 Å². The standard InChI is InChI=1S/C13H22O4.K.H/c1-12(2,3)13(10(14)15,11(16)17)9-7-5-4-6-8-9;;/h9H,4-8H2,1-3H3,(H,14,15)(H,16,17);;. The molecule has 1 rings (SSSR count). The van der Waals surface area contributed by atoms with E-state index in [4.69, 9.17) is 0 Å². The van der Waals surface area contributed by atoms with Gasteiger partial charge in [0.15, 0.2) is 5.41 Å². The zero-order chi connectivity index (χ0) is 13.3. The van der Waals surface area contributed by atoms with E-state index in [2.05, 4.69) is 0 Å². The molecule has 0 bridgehead atoms. The Bertz CT molecular complexity index is 299. The average molecular weight is 282 g/mol. The number of carboxylic acids is 2. The molecule has 0 atom stereocenters. The Balaban J connectivity index is 0.00000289. The van der Waals surface area contributed by atoms with E-state index in [1.165, 1.54) is 0 Å². The Hall–Kier alpha value is 0.576. The number of rotatable bonds is 3. The van der Waals surface area contributed by atoms with Crippen LogP contribution in [-0.4, -0.2) is 73.5 Å². The van der Waals surface area contributed by atoms with E-state index in [1.54, 1.807) is 20.8 Å². The molecule has 2 N–H and O–H groups in total. The van der Waals surface area contributed by atoms with Gasteiger partial charge in [0, 0.05) is 0 Å². The van der Waals surface area contributed by atoms with Gasteiger partial charge in [-0.3, -0.25) is 9.59 Å². The van der Waals surface area contributed by atoms with Crippen LogP contribution in [0.15, 0.2) is 0 Å². The summed E-state index contributed by atoms with van der Waals surface area (Å²) >= 11 is 0. The van der Waals surface area contributed by atoms with Gasteiger partial charge in [0.1, 0.15) is 0 Å². The van der Waals surface area contributed by atoms with Gasteiger partial charge in [-0.1, -0.05) is 40.0 Å². The van der Waals surface area contributed by atoms with Crippen molar-refractivity contribution in [2.24, 2.45) is 16.7 Å². The molecule has 0 aromatic carbocycles. The normalized spacial score (nSPS) is 17.9. The van der Waals surface area contributed by atoms with Gasteiger partial charge in [0.25, 0.3) is 0 Å². The van der Waals surface area contributed by atoms with Gasteiger partial charge in [-0.25, -0.2) is 0 Å². The summed E-state index contributed by atoms with van der Waals surface area (Å²) in [5, 5.41) is 19.0. The van der Waals surface area contributed by atoms with Gasteiger partial charge >= 0.3 is 63.3 Å². The van der Waals surface area contributed by atoms with E-state index in [0.717, 1.165) is 19.3 Å². The molecule has 0 heterocycles. The van der Waals surface area contributed by atoms with Crippen LogP contribution in [-0.2, 0) is 9.59 Å². The molecule has 0 saturated heterocycles. The van der Waals surface area contributed by atoms with Crippen molar-refractivity contribution in [3.05, 3.63) is 0 Å². The SMILES string of the molecule is CC(C)(C)C(C(=O)O)(C(=O)O)C1CCCCC1.[KH]. The molecular formula is C13H23KO4. The molecule has 1 saturated carbocycles. The molecule has 0 radical (unpaired) electrons. The van der Waals surface area contributed by atoms with E-state index >= 15 is 0 Å². The van der Waals surface area contributed by atoms with Crippen LogP contribution in [0.4, 0.5) is 0 Å². The molecule has 5 heteroatoms. The first-order valence-electron chi connectivity index (χ1n) is 6.21. The van der Waals surface area contributed by atoms with Crippen molar-refractivity contribution in [2.75, 3.05) is 0 Å². The second kappa shape index (κ2) is 6.84. The van der Waals surface area contributed by atoms with Gasteiger partial charge in [-0.2, -0.15) is 0 Å². The number of aliphatic carboxylic acids is 2. The van der Waals surface area contributed by atoms with Gasteiger partial charge in [0.2, 0.25) is 0 Å². The van der Waals surface area contributed by atoms with Crippen LogP contribution in [0.1, 0.15) is 52.9 Å². The first-order chi connectivity index (χ1) is 7.74. The maximum absolute atomic E-state index is 11.6. The van der Waals surface area contributed by atoms with E-state index in [-0.39, 0.29) is 57.3 Å². The number of hydrogen-bond donors (Lipinski definition) is 2. The van der Waals surface area contributed by atoms with E-state index in [1.807, 2.05) is 0 Å². The monoisotopic (exact) mass is 282 g/mol. The molecule has 100 valence electrons. The Morgan fingerprint density at radius 1 is 0.944 bits per heavy atom. The van der Waals surface area contributed by atoms with Crippen molar-refractivity contribution in [2.45, 2.75) is 52.9 Å². The minimum absolute atomic E-state index is 0. The summed E-state index contributed by atoms with van der Waals surface area (Å²) in [5.41, 5.74) is -2.44. The predicted molar refractivity (Wildman–Crippen MR) is 70.9 cm³/mol. The van der Waals surface area contributed by atoms with Crippen molar-refractivity contribution in [3.63, 3.8) is 0 Å². The van der Waals surface area contributed by atoms with E-state index in [0.29, 0.717) is 12.8 Å². The van der Waals surface area contributed by atoms with Crippen molar-refractivity contribution >= 4 is 63.3 Å². The average Bonchev–Trinajstić information content (AvgIpc) is 2.16. The molecule has 18 heavy (non-hydrogen) atoms. The summed E-state index contributed by atoms with van der Waals surface area (Å²) in [6, 6.07) is 0. The van der Waals surface area contributed by atoms with Crippen LogP contribution in [0.5, 0.6) is 0 Å². The second-order valence-corrected chi connectivity index (χ2v) is 6.00. The van der Waals surface area contributed by atoms with E-state index in [9.17, 15) is 19.8 Å². The van der Waals surface area contributed by atoms with E-state index < -0.39 is 22.8 Å². The number of carbonyl (C=O) groups is 2. The fourth-order valence-electron chi connectivity index (χ4n) is 3.23. The molecule has 0 aliphatic heterocycles. The summed E-state index contributed by atoms with van der Waals surface area (Å²) in [4.78, 5) is 23.3. The quantitative estimate of drug-likeness (QED) is 0.614. The van der Waals surface area contributed by atoms with Crippen molar-refractivity contribution < 1.29 is 19.8 Å². The van der Waals surface area contributed by atoms with Crippen LogP contribution in [0.2, 0.25) is 0 Å². The van der Waals surface area contributed by atoms with Gasteiger partial charge in [0.05, 0.1) is 0 Å². The summed E-state index contributed by atoms with van der Waals surface area (Å²) in [7, 11) is 0. The first-order valence-corrected chi connectivity index (χ1v) is 6.21. The Kier molecular flexibility index (Phi) is 7.06. The Labute approximate surface area is 151 Å². The molecule has 0 amide bonds. The third kappa shape index (κ3) is 3.18. The van der Waals surface area contributed by atoms with Crippen molar-refractivity contribution in [1.29, 1.82) is 0 Å². The van der Waals surface area contributed by atoms with Crippen LogP contribution < -0.4 is 0 Å². The minimum atomic E-state index is -1.66. The fourth-order valence-corrected chi connectivity index (χ4v) is 3.23.